The van der Waals surface area contributed by atoms with E-state index in [1.165, 1.54) is 0 Å². The van der Waals surface area contributed by atoms with Gasteiger partial charge in [-0.25, -0.2) is 0 Å². The van der Waals surface area contributed by atoms with Gasteiger partial charge in [0.05, 0.1) is 5.02 Å². The smallest absolute Gasteiger partial charge is 0.258 e. The molecule has 0 saturated heterocycles. The van der Waals surface area contributed by atoms with E-state index in [1.807, 2.05) is 0 Å². The number of carbonyl (C=O) groups excluding carboxylic acids is 1. The van der Waals surface area contributed by atoms with Crippen LogP contribution in [0.4, 0.5) is 0 Å². The molecule has 134 valence electrons. The van der Waals surface area contributed by atoms with Gasteiger partial charge < -0.3 is 14.6 Å². The van der Waals surface area contributed by atoms with Crippen LogP contribution < -0.4 is 10.1 Å². The van der Waals surface area contributed by atoms with Crippen molar-refractivity contribution in [1.29, 1.82) is 0 Å². The summed E-state index contributed by atoms with van der Waals surface area (Å²) in [6.07, 6.45) is 4.68. The number of benzene rings is 1. The molecule has 1 amide bonds. The Morgan fingerprint density at radius 2 is 2.08 bits per heavy atom. The third-order valence-corrected chi connectivity index (χ3v) is 4.82. The molecule has 1 aliphatic rings. The zero-order valence-electron chi connectivity index (χ0n) is 13.8. The molecule has 6 nitrogen and oxygen atoms in total. The number of aromatic nitrogens is 2. The number of halogens is 2. The third-order valence-electron chi connectivity index (χ3n) is 4.29. The first kappa shape index (κ1) is 18.0. The minimum atomic E-state index is -0.597. The van der Waals surface area contributed by atoms with Crippen molar-refractivity contribution in [2.75, 3.05) is 6.61 Å². The van der Waals surface area contributed by atoms with Gasteiger partial charge in [-0.05, 0) is 31.0 Å². The van der Waals surface area contributed by atoms with Gasteiger partial charge in [0.2, 0.25) is 5.89 Å². The molecule has 8 heteroatoms. The Morgan fingerprint density at radius 3 is 2.72 bits per heavy atom. The molecule has 1 aromatic heterocycles. The minimum Gasteiger partial charge on any atom is -0.482 e. The molecule has 0 radical (unpaired) electrons. The summed E-state index contributed by atoms with van der Waals surface area (Å²) in [4.78, 5) is 16.8. The highest BCUT2D eigenvalue weighted by Gasteiger charge is 2.39. The molecule has 1 saturated carbocycles. The van der Waals surface area contributed by atoms with Crippen LogP contribution in [0.5, 0.6) is 5.75 Å². The van der Waals surface area contributed by atoms with E-state index in [0.717, 1.165) is 32.1 Å². The van der Waals surface area contributed by atoms with Crippen molar-refractivity contribution in [2.45, 2.75) is 44.6 Å². The fourth-order valence-corrected chi connectivity index (χ4v) is 3.56. The topological polar surface area (TPSA) is 77.2 Å². The van der Waals surface area contributed by atoms with E-state index in [9.17, 15) is 4.79 Å². The molecule has 1 N–H and O–H groups in total. The number of rotatable bonds is 5. The van der Waals surface area contributed by atoms with E-state index in [2.05, 4.69) is 15.5 Å². The normalized spacial score (nSPS) is 16.4. The first-order chi connectivity index (χ1) is 12.0. The lowest BCUT2D eigenvalue weighted by Gasteiger charge is -2.35. The van der Waals surface area contributed by atoms with Gasteiger partial charge in [-0.1, -0.05) is 47.6 Å². The van der Waals surface area contributed by atoms with Crippen molar-refractivity contribution in [1.82, 2.24) is 15.5 Å². The quantitative estimate of drug-likeness (QED) is 0.842. The molecule has 3 rings (SSSR count). The second-order valence-electron chi connectivity index (χ2n) is 6.19. The molecule has 1 aromatic carbocycles. The van der Waals surface area contributed by atoms with Crippen molar-refractivity contribution in [3.8, 4) is 5.75 Å². The average molecular weight is 384 g/mol. The fourth-order valence-electron chi connectivity index (χ4n) is 3.09. The number of ether oxygens (including phenoxy) is 1. The maximum absolute atomic E-state index is 12.5. The van der Waals surface area contributed by atoms with Crippen LogP contribution >= 0.6 is 23.2 Å². The van der Waals surface area contributed by atoms with Crippen LogP contribution in [0.25, 0.3) is 0 Å². The predicted molar refractivity (Wildman–Crippen MR) is 93.9 cm³/mol. The lowest BCUT2D eigenvalue weighted by atomic mass is 9.81. The molecule has 1 fully saturated rings. The molecule has 0 bridgehead atoms. The van der Waals surface area contributed by atoms with Gasteiger partial charge in [0.25, 0.3) is 5.91 Å². The van der Waals surface area contributed by atoms with Crippen molar-refractivity contribution in [2.24, 2.45) is 0 Å². The molecule has 0 unspecified atom stereocenters. The van der Waals surface area contributed by atoms with Crippen LogP contribution in [0.2, 0.25) is 10.0 Å². The summed E-state index contributed by atoms with van der Waals surface area (Å²) in [5.74, 6) is 1.17. The maximum Gasteiger partial charge on any atom is 0.258 e. The van der Waals surface area contributed by atoms with Gasteiger partial charge in [-0.3, -0.25) is 4.79 Å². The molecule has 2 aromatic rings. The summed E-state index contributed by atoms with van der Waals surface area (Å²) in [5, 5.41) is 7.95. The summed E-state index contributed by atoms with van der Waals surface area (Å²) in [6.45, 7) is 1.58. The summed E-state index contributed by atoms with van der Waals surface area (Å²) in [5.41, 5.74) is -0.597. The summed E-state index contributed by atoms with van der Waals surface area (Å²) in [6, 6.07) is 4.86. The molecule has 1 aliphatic carbocycles. The molecule has 0 spiro atoms. The van der Waals surface area contributed by atoms with Crippen LogP contribution in [0.15, 0.2) is 22.7 Å². The van der Waals surface area contributed by atoms with Crippen molar-refractivity contribution < 1.29 is 14.1 Å². The number of nitrogens with zero attached hydrogens (tertiary/aromatic N) is 2. The number of hydrogen-bond acceptors (Lipinski definition) is 5. The van der Waals surface area contributed by atoms with E-state index in [0.29, 0.717) is 27.5 Å². The zero-order valence-corrected chi connectivity index (χ0v) is 15.4. The lowest BCUT2D eigenvalue weighted by Crippen LogP contribution is -2.49. The van der Waals surface area contributed by atoms with E-state index < -0.39 is 5.54 Å². The number of nitrogens with one attached hydrogen (secondary N) is 1. The fraction of sp³-hybridized carbons (Fsp3) is 0.471. The standard InChI is InChI=1S/C17H19Cl2N3O3/c1-11-20-16(22-25-11)17(7-3-2-4-8-17)21-15(23)10-24-14-6-5-12(18)9-13(14)19/h5-6,9H,2-4,7-8,10H2,1H3,(H,21,23). The molecular formula is C17H19Cl2N3O3. The second-order valence-corrected chi connectivity index (χ2v) is 7.04. The van der Waals surface area contributed by atoms with E-state index in [-0.39, 0.29) is 12.5 Å². The molecule has 25 heavy (non-hydrogen) atoms. The zero-order chi connectivity index (χ0) is 17.9. The summed E-state index contributed by atoms with van der Waals surface area (Å²) < 4.78 is 10.6. The highest BCUT2D eigenvalue weighted by Crippen LogP contribution is 2.35. The SMILES string of the molecule is Cc1nc(C2(NC(=O)COc3ccc(Cl)cc3Cl)CCCCC2)no1. The number of amides is 1. The Labute approximate surface area is 155 Å². The van der Waals surface area contributed by atoms with E-state index >= 15 is 0 Å². The first-order valence-electron chi connectivity index (χ1n) is 8.18. The van der Waals surface area contributed by atoms with Crippen molar-refractivity contribution in [3.63, 3.8) is 0 Å². The van der Waals surface area contributed by atoms with Gasteiger partial charge in [-0.15, -0.1) is 0 Å². The van der Waals surface area contributed by atoms with E-state index in [1.54, 1.807) is 25.1 Å². The minimum absolute atomic E-state index is 0.153. The van der Waals surface area contributed by atoms with Crippen molar-refractivity contribution >= 4 is 29.1 Å². The number of hydrogen-bond donors (Lipinski definition) is 1. The first-order valence-corrected chi connectivity index (χ1v) is 8.94. The number of carbonyl (C=O) groups is 1. The van der Waals surface area contributed by atoms with Gasteiger partial charge in [0, 0.05) is 11.9 Å². The van der Waals surface area contributed by atoms with Gasteiger partial charge >= 0.3 is 0 Å². The van der Waals surface area contributed by atoms with Crippen LogP contribution in [0.3, 0.4) is 0 Å². The van der Waals surface area contributed by atoms with Gasteiger partial charge in [0.1, 0.15) is 11.3 Å². The Hall–Kier alpha value is -1.79. The monoisotopic (exact) mass is 383 g/mol. The van der Waals surface area contributed by atoms with Crippen molar-refractivity contribution in [3.05, 3.63) is 40.0 Å². The molecular weight excluding hydrogens is 365 g/mol. The predicted octanol–water partition coefficient (Wildman–Crippen LogP) is 4.04. The van der Waals surface area contributed by atoms with Crippen LogP contribution in [0.1, 0.15) is 43.8 Å². The maximum atomic E-state index is 12.5. The highest BCUT2D eigenvalue weighted by atomic mass is 35.5. The van der Waals surface area contributed by atoms with E-state index in [4.69, 9.17) is 32.5 Å². The van der Waals surface area contributed by atoms with Crippen LogP contribution in [-0.2, 0) is 10.3 Å². The number of aryl methyl sites for hydroxylation is 1. The largest absolute Gasteiger partial charge is 0.482 e. The summed E-state index contributed by atoms with van der Waals surface area (Å²) in [7, 11) is 0. The molecule has 1 heterocycles. The Morgan fingerprint density at radius 1 is 1.32 bits per heavy atom. The summed E-state index contributed by atoms with van der Waals surface area (Å²) >= 11 is 11.9. The Balaban J connectivity index is 1.68. The second kappa shape index (κ2) is 7.62. The van der Waals surface area contributed by atoms with Crippen LogP contribution in [0, 0.1) is 6.92 Å². The Bertz CT molecular complexity index is 757. The van der Waals surface area contributed by atoms with Gasteiger partial charge in [-0.2, -0.15) is 4.98 Å². The van der Waals surface area contributed by atoms with Crippen LogP contribution in [-0.4, -0.2) is 22.7 Å². The lowest BCUT2D eigenvalue weighted by molar-refractivity contribution is -0.125. The molecule has 0 aliphatic heterocycles. The highest BCUT2D eigenvalue weighted by molar-refractivity contribution is 6.35. The van der Waals surface area contributed by atoms with Gasteiger partial charge in [0.15, 0.2) is 12.4 Å². The average Bonchev–Trinajstić information content (AvgIpc) is 3.02. The molecule has 0 atom stereocenters. The third kappa shape index (κ3) is 4.25. The Kier molecular flexibility index (Phi) is 5.49.